The summed E-state index contributed by atoms with van der Waals surface area (Å²) < 4.78 is 5.80. The van der Waals surface area contributed by atoms with E-state index in [-0.39, 0.29) is 53.4 Å². The van der Waals surface area contributed by atoms with Crippen LogP contribution in [-0.2, 0) is 25.5 Å². The number of carbonyl (C=O) groups excluding carboxylic acids is 4. The van der Waals surface area contributed by atoms with Crippen LogP contribution in [0.25, 0.3) is 0 Å². The fourth-order valence-electron chi connectivity index (χ4n) is 7.33. The van der Waals surface area contributed by atoms with E-state index in [0.29, 0.717) is 35.4 Å². The molecule has 47 heavy (non-hydrogen) atoms. The molecule has 1 heterocycles. The van der Waals surface area contributed by atoms with Gasteiger partial charge in [0.1, 0.15) is 16.5 Å². The van der Waals surface area contributed by atoms with Crippen molar-refractivity contribution in [1.29, 1.82) is 0 Å². The average Bonchev–Trinajstić information content (AvgIpc) is 3.55. The summed E-state index contributed by atoms with van der Waals surface area (Å²) in [7, 11) is 1.82. The van der Waals surface area contributed by atoms with Gasteiger partial charge in [0.15, 0.2) is 6.10 Å². The number of hydrogen-bond acceptors (Lipinski definition) is 7. The van der Waals surface area contributed by atoms with E-state index in [1.54, 1.807) is 10.3 Å². The van der Waals surface area contributed by atoms with Gasteiger partial charge in [-0.05, 0) is 67.8 Å². The number of rotatable bonds is 17. The lowest BCUT2D eigenvalue weighted by atomic mass is 9.85. The van der Waals surface area contributed by atoms with Crippen molar-refractivity contribution in [2.45, 2.75) is 118 Å². The van der Waals surface area contributed by atoms with Crippen LogP contribution in [0, 0.1) is 35.5 Å². The van der Waals surface area contributed by atoms with Crippen molar-refractivity contribution in [3.05, 3.63) is 52.0 Å². The molecule has 2 aliphatic rings. The molecule has 4 rings (SSSR count). The van der Waals surface area contributed by atoms with E-state index in [1.807, 2.05) is 25.2 Å². The van der Waals surface area contributed by atoms with Gasteiger partial charge in [0.05, 0.1) is 0 Å². The Kier molecular flexibility index (Phi) is 13.2. The minimum absolute atomic E-state index is 0.000547. The molecule has 1 unspecified atom stereocenters. The molecule has 0 spiro atoms. The summed E-state index contributed by atoms with van der Waals surface area (Å²) in [4.78, 5) is 59.5. The number of carbonyl (C=O) groups is 4. The average molecular weight is 666 g/mol. The molecule has 0 aliphatic heterocycles. The molecule has 2 aromatic rings. The number of esters is 1. The normalized spacial score (nSPS) is 20.4. The van der Waals surface area contributed by atoms with Crippen molar-refractivity contribution < 1.29 is 23.9 Å². The third-order valence-electron chi connectivity index (χ3n) is 10.0. The van der Waals surface area contributed by atoms with Gasteiger partial charge >= 0.3 is 5.97 Å². The first-order valence-corrected chi connectivity index (χ1v) is 18.5. The Labute approximate surface area is 285 Å². The summed E-state index contributed by atoms with van der Waals surface area (Å²) in [5.74, 6) is 0.405. The minimum Gasteiger partial charge on any atom is -0.455 e. The van der Waals surface area contributed by atoms with Crippen LogP contribution in [0.1, 0.15) is 120 Å². The summed E-state index contributed by atoms with van der Waals surface area (Å²) in [6, 6.07) is 9.82. The zero-order chi connectivity index (χ0) is 34.2. The summed E-state index contributed by atoms with van der Waals surface area (Å²) in [5.41, 5.74) is 1.45. The third-order valence-corrected chi connectivity index (χ3v) is 11.0. The van der Waals surface area contributed by atoms with Gasteiger partial charge in [0, 0.05) is 56.1 Å². The number of aromatic nitrogens is 1. The summed E-state index contributed by atoms with van der Waals surface area (Å²) in [6.07, 6.45) is 6.56. The molecule has 8 nitrogen and oxygen atoms in total. The van der Waals surface area contributed by atoms with Gasteiger partial charge in [-0.2, -0.15) is 0 Å². The Balaban J connectivity index is 1.47. The molecule has 0 bridgehead atoms. The van der Waals surface area contributed by atoms with Crippen LogP contribution in [0.3, 0.4) is 0 Å². The van der Waals surface area contributed by atoms with Crippen LogP contribution < -0.4 is 5.32 Å². The van der Waals surface area contributed by atoms with E-state index in [0.717, 1.165) is 50.5 Å². The molecule has 6 atom stereocenters. The number of benzene rings is 1. The predicted octanol–water partition coefficient (Wildman–Crippen LogP) is 7.43. The number of amides is 2. The Morgan fingerprint density at radius 2 is 1.72 bits per heavy atom. The molecule has 9 heteroatoms. The maximum Gasteiger partial charge on any atom is 0.303 e. The first-order chi connectivity index (χ1) is 22.3. The van der Waals surface area contributed by atoms with Crippen LogP contribution in [-0.4, -0.2) is 52.6 Å². The van der Waals surface area contributed by atoms with Gasteiger partial charge in [-0.25, -0.2) is 4.98 Å². The molecule has 0 radical (unpaired) electrons. The fourth-order valence-corrected chi connectivity index (χ4v) is 8.17. The molecular weight excluding hydrogens is 611 g/mol. The van der Waals surface area contributed by atoms with E-state index < -0.39 is 12.1 Å². The maximum atomic E-state index is 14.0. The highest BCUT2D eigenvalue weighted by Crippen LogP contribution is 2.42. The SMILES string of the molecule is CC(=O)O[C@H](C[C@H](C(C)C)N(C)C(=O)[C@@H](CC(=O)[C@H]1CCCC1C)C1CC1)c1nc(C(=O)N[C@@H](Cc2ccccc2)CC(C)C)cs1. The largest absolute Gasteiger partial charge is 0.455 e. The molecule has 2 amide bonds. The van der Waals surface area contributed by atoms with Gasteiger partial charge < -0.3 is 15.0 Å². The number of nitrogens with one attached hydrogen (secondary N) is 1. The molecule has 2 saturated carbocycles. The number of thiazole rings is 1. The van der Waals surface area contributed by atoms with Crippen LogP contribution in [0.2, 0.25) is 0 Å². The zero-order valence-corrected chi connectivity index (χ0v) is 30.2. The standard InChI is InChI=1S/C38H55N3O5S/c1-23(2)18-29(19-27-13-9-8-10-14-27)39-36(44)32-22-47-37(40-32)35(46-26(6)42)21-33(24(3)4)41(7)38(45)31(28-16-17-28)20-34(43)30-15-11-12-25(30)5/h8-10,13-14,22-25,28-31,33,35H,11-12,15-21H2,1-7H3,(H,39,44)/t25?,29-,30+,31+,33-,35-/m1/s1. The number of ketones is 1. The first-order valence-electron chi connectivity index (χ1n) is 17.6. The van der Waals surface area contributed by atoms with Gasteiger partial charge in [0.2, 0.25) is 5.91 Å². The topological polar surface area (TPSA) is 106 Å². The van der Waals surface area contributed by atoms with E-state index in [2.05, 4.69) is 57.1 Å². The molecule has 1 N–H and O–H groups in total. The second-order valence-electron chi connectivity index (χ2n) is 14.8. The van der Waals surface area contributed by atoms with Gasteiger partial charge in [0.25, 0.3) is 5.91 Å². The highest BCUT2D eigenvalue weighted by molar-refractivity contribution is 7.09. The molecule has 0 saturated heterocycles. The Hall–Kier alpha value is -3.07. The molecular formula is C38H55N3O5S. The van der Waals surface area contributed by atoms with Crippen LogP contribution in [0.4, 0.5) is 0 Å². The van der Waals surface area contributed by atoms with Crippen LogP contribution >= 0.6 is 11.3 Å². The molecule has 258 valence electrons. The van der Waals surface area contributed by atoms with Crippen molar-refractivity contribution in [3.63, 3.8) is 0 Å². The van der Waals surface area contributed by atoms with Crippen molar-refractivity contribution in [3.8, 4) is 0 Å². The van der Waals surface area contributed by atoms with E-state index in [4.69, 9.17) is 4.74 Å². The van der Waals surface area contributed by atoms with Crippen LogP contribution in [0.15, 0.2) is 35.7 Å². The Bertz CT molecular complexity index is 1350. The minimum atomic E-state index is -0.710. The summed E-state index contributed by atoms with van der Waals surface area (Å²) in [5, 5.41) is 5.43. The van der Waals surface area contributed by atoms with Crippen molar-refractivity contribution in [2.24, 2.45) is 35.5 Å². The predicted molar refractivity (Wildman–Crippen MR) is 186 cm³/mol. The highest BCUT2D eigenvalue weighted by Gasteiger charge is 2.43. The van der Waals surface area contributed by atoms with E-state index in [9.17, 15) is 19.2 Å². The van der Waals surface area contributed by atoms with Crippen LogP contribution in [0.5, 0.6) is 0 Å². The van der Waals surface area contributed by atoms with E-state index in [1.165, 1.54) is 18.3 Å². The van der Waals surface area contributed by atoms with Crippen molar-refractivity contribution in [2.75, 3.05) is 7.05 Å². The number of nitrogens with zero attached hydrogens (tertiary/aromatic N) is 2. The molecule has 1 aromatic heterocycles. The van der Waals surface area contributed by atoms with Gasteiger partial charge in [-0.3, -0.25) is 19.2 Å². The lowest BCUT2D eigenvalue weighted by Crippen LogP contribution is -2.45. The molecule has 2 aliphatic carbocycles. The van der Waals surface area contributed by atoms with E-state index >= 15 is 0 Å². The van der Waals surface area contributed by atoms with Gasteiger partial charge in [-0.1, -0.05) is 71.4 Å². The maximum absolute atomic E-state index is 14.0. The van der Waals surface area contributed by atoms with Crippen molar-refractivity contribution in [1.82, 2.24) is 15.2 Å². The summed E-state index contributed by atoms with van der Waals surface area (Å²) in [6.45, 7) is 11.9. The monoisotopic (exact) mass is 665 g/mol. The first kappa shape index (κ1) is 36.8. The second-order valence-corrected chi connectivity index (χ2v) is 15.7. The highest BCUT2D eigenvalue weighted by atomic mass is 32.1. The molecule has 2 fully saturated rings. The van der Waals surface area contributed by atoms with Gasteiger partial charge in [-0.15, -0.1) is 11.3 Å². The number of Topliss-reactive ketones (excluding diaryl/α,β-unsaturated/α-hetero) is 1. The second kappa shape index (κ2) is 16.8. The number of hydrogen-bond donors (Lipinski definition) is 1. The third kappa shape index (κ3) is 10.5. The lowest BCUT2D eigenvalue weighted by Gasteiger charge is -2.35. The smallest absolute Gasteiger partial charge is 0.303 e. The zero-order valence-electron chi connectivity index (χ0n) is 29.4. The Morgan fingerprint density at radius 1 is 1.02 bits per heavy atom. The summed E-state index contributed by atoms with van der Waals surface area (Å²) >= 11 is 1.29. The Morgan fingerprint density at radius 3 is 2.30 bits per heavy atom. The number of ether oxygens (including phenoxy) is 1. The van der Waals surface area contributed by atoms with Crippen molar-refractivity contribution >= 4 is 34.9 Å². The lowest BCUT2D eigenvalue weighted by molar-refractivity contribution is -0.149. The molecule has 1 aromatic carbocycles. The quantitative estimate of drug-likeness (QED) is 0.176. The fraction of sp³-hybridized carbons (Fsp3) is 0.658.